The summed E-state index contributed by atoms with van der Waals surface area (Å²) in [5, 5.41) is 0. The number of rotatable bonds is 11. The molecule has 12 nitrogen and oxygen atoms in total. The number of aromatic nitrogens is 7. The molecule has 4 aromatic heterocycles. The van der Waals surface area contributed by atoms with Gasteiger partial charge in [0, 0.05) is 25.5 Å². The van der Waals surface area contributed by atoms with Gasteiger partial charge in [0.15, 0.2) is 0 Å². The van der Waals surface area contributed by atoms with E-state index in [0.717, 1.165) is 144 Å². The Morgan fingerprint density at radius 3 is 1.11 bits per heavy atom. The van der Waals surface area contributed by atoms with Gasteiger partial charge in [0.25, 0.3) is 17.5 Å². The Hall–Kier alpha value is -4.59. The van der Waals surface area contributed by atoms with Crippen LogP contribution in [0.1, 0.15) is 84.3 Å². The molecule has 5 aliphatic rings. The van der Waals surface area contributed by atoms with Gasteiger partial charge < -0.3 is 76.8 Å². The first-order valence-corrected chi connectivity index (χ1v) is 21.8. The van der Waals surface area contributed by atoms with Gasteiger partial charge >= 0.3 is 17.1 Å². The molecule has 0 saturated heterocycles. The number of nitrogens with zero attached hydrogens (tertiary/aromatic N) is 12. The first kappa shape index (κ1) is 55.7. The molecular formula is C48H56Cl5MnN12. The van der Waals surface area contributed by atoms with Crippen molar-refractivity contribution < 1.29 is 92.8 Å². The number of aliphatic imine (C=N–C) groups is 3. The molecule has 0 saturated carbocycles. The smallest absolute Gasteiger partial charge is 1.00 e. The maximum atomic E-state index is 5.59. The first-order chi connectivity index (χ1) is 29.4. The van der Waals surface area contributed by atoms with E-state index in [2.05, 4.69) is 191 Å². The molecule has 0 unspecified atom stereocenters. The average molecular weight is 1030 g/mol. The van der Waals surface area contributed by atoms with Crippen molar-refractivity contribution in [1.82, 2.24) is 28.5 Å². The van der Waals surface area contributed by atoms with Crippen LogP contribution in [0.4, 0.5) is 0 Å². The Labute approximate surface area is 430 Å². The fourth-order valence-electron chi connectivity index (χ4n) is 9.06. The van der Waals surface area contributed by atoms with Crippen molar-refractivity contribution in [3.05, 3.63) is 156 Å². The number of aryl methyl sites for hydroxylation is 6. The summed E-state index contributed by atoms with van der Waals surface area (Å²) in [6, 6.07) is 4.34. The predicted molar refractivity (Wildman–Crippen MR) is 237 cm³/mol. The normalized spacial score (nSPS) is 15.7. The number of hydrogen-bond donors (Lipinski definition) is 0. The summed E-state index contributed by atoms with van der Waals surface area (Å²) in [6.45, 7) is 24.0. The number of allylic oxidation sites excluding steroid dienone is 8. The third kappa shape index (κ3) is 9.33. The molecule has 8 bridgehead atoms. The van der Waals surface area contributed by atoms with Crippen molar-refractivity contribution in [3.8, 4) is 0 Å². The third-order valence-electron chi connectivity index (χ3n) is 12.1. The minimum absolute atomic E-state index is 0. The first-order valence-electron chi connectivity index (χ1n) is 21.8. The van der Waals surface area contributed by atoms with Gasteiger partial charge in [-0.25, -0.2) is 42.4 Å². The summed E-state index contributed by atoms with van der Waals surface area (Å²) < 4.78 is 13.8. The summed E-state index contributed by atoms with van der Waals surface area (Å²) in [6.07, 6.45) is 30.3. The second kappa shape index (κ2) is 23.4. The topological polar surface area (TPSA) is 84.1 Å². The molecule has 0 atom stereocenters. The largest absolute Gasteiger partial charge is 3.00 e. The van der Waals surface area contributed by atoms with Crippen molar-refractivity contribution in [3.63, 3.8) is 0 Å². The van der Waals surface area contributed by atoms with Crippen LogP contribution >= 0.6 is 0 Å². The van der Waals surface area contributed by atoms with Gasteiger partial charge in [-0.15, -0.1) is 11.4 Å². The molecule has 4 aromatic rings. The van der Waals surface area contributed by atoms with Crippen LogP contribution in [0.5, 0.6) is 0 Å². The third-order valence-corrected chi connectivity index (χ3v) is 12.1. The quantitative estimate of drug-likeness (QED) is 0.111. The second-order valence-corrected chi connectivity index (χ2v) is 15.1. The Balaban J connectivity index is 0.00000193. The van der Waals surface area contributed by atoms with Gasteiger partial charge in [-0.05, 0) is 91.8 Å². The number of fused-ring (bicyclic) bond motifs is 5. The summed E-state index contributed by atoms with van der Waals surface area (Å²) >= 11 is 0. The van der Waals surface area contributed by atoms with E-state index < -0.39 is 0 Å². The number of halogens is 5. The molecule has 9 heterocycles. The zero-order chi connectivity index (χ0) is 41.7. The average Bonchev–Trinajstić information content (AvgIpc) is 4.13. The minimum Gasteiger partial charge on any atom is -1.00 e. The number of hydrogen-bond acceptors (Lipinski definition) is 5. The summed E-state index contributed by atoms with van der Waals surface area (Å²) in [5.74, 6) is 4.29. The molecule has 0 radical (unpaired) electrons. The van der Waals surface area contributed by atoms with Gasteiger partial charge in [-0.3, -0.25) is 0 Å². The Morgan fingerprint density at radius 1 is 0.439 bits per heavy atom. The van der Waals surface area contributed by atoms with Crippen LogP contribution in [-0.2, 0) is 56.3 Å². The van der Waals surface area contributed by atoms with E-state index in [1.54, 1.807) is 0 Å². The van der Waals surface area contributed by atoms with Crippen LogP contribution in [0.15, 0.2) is 142 Å². The van der Waals surface area contributed by atoms with E-state index in [1.165, 1.54) is 0 Å². The van der Waals surface area contributed by atoms with Crippen molar-refractivity contribution in [2.45, 2.75) is 94.7 Å². The van der Waals surface area contributed by atoms with Gasteiger partial charge in [0.2, 0.25) is 0 Å². The fourth-order valence-corrected chi connectivity index (χ4v) is 9.06. The Bertz CT molecular complexity index is 2700. The SMILES string of the molecule is CCN1C=CN(CC)C1=C1C2=NC(=C(c3n(CC)cc[n+]3CC)C3=NC(=C(c4n(CC)cc[n+]4CC)c4ccc([n-]4)C(c4n(CC)cc[n+]4CC)=C4C=CC1=N4)C=C3)C=C2.[Cl-].[Cl-].[Cl-].[Cl-].[Cl-].[Mn+3]. The van der Waals surface area contributed by atoms with Crippen molar-refractivity contribution >= 4 is 33.9 Å². The molecule has 66 heavy (non-hydrogen) atoms. The molecule has 0 aliphatic carbocycles. The van der Waals surface area contributed by atoms with E-state index in [9.17, 15) is 0 Å². The summed E-state index contributed by atoms with van der Waals surface area (Å²) in [4.78, 5) is 27.0. The molecule has 0 N–H and O–H groups in total. The van der Waals surface area contributed by atoms with E-state index in [0.29, 0.717) is 0 Å². The minimum atomic E-state index is 0. The molecule has 350 valence electrons. The molecule has 0 aromatic carbocycles. The van der Waals surface area contributed by atoms with Crippen molar-refractivity contribution in [1.29, 1.82) is 0 Å². The van der Waals surface area contributed by atoms with Gasteiger partial charge in [0.05, 0.1) is 90.2 Å². The zero-order valence-electron chi connectivity index (χ0n) is 38.5. The molecule has 0 fully saturated rings. The zero-order valence-corrected chi connectivity index (χ0v) is 43.5. The van der Waals surface area contributed by atoms with E-state index in [-0.39, 0.29) is 79.1 Å². The van der Waals surface area contributed by atoms with Crippen molar-refractivity contribution in [2.75, 3.05) is 13.1 Å². The van der Waals surface area contributed by atoms with E-state index in [1.807, 2.05) is 0 Å². The maximum Gasteiger partial charge on any atom is 3.00 e. The maximum absolute atomic E-state index is 5.59. The van der Waals surface area contributed by atoms with Crippen LogP contribution in [0.25, 0.3) is 16.7 Å². The summed E-state index contributed by atoms with van der Waals surface area (Å²) in [5.41, 5.74) is 10.9. The van der Waals surface area contributed by atoms with E-state index in [4.69, 9.17) is 20.0 Å². The summed E-state index contributed by atoms with van der Waals surface area (Å²) in [7, 11) is 0. The van der Waals surface area contributed by atoms with Crippen LogP contribution in [0.3, 0.4) is 0 Å². The van der Waals surface area contributed by atoms with Crippen LogP contribution in [-0.4, -0.2) is 53.7 Å². The van der Waals surface area contributed by atoms with Crippen molar-refractivity contribution in [2.24, 2.45) is 15.0 Å². The molecule has 18 heteroatoms. The molecule has 0 spiro atoms. The van der Waals surface area contributed by atoms with Crippen LogP contribution in [0, 0.1) is 0 Å². The molecule has 9 rings (SSSR count). The Morgan fingerprint density at radius 2 is 0.773 bits per heavy atom. The van der Waals surface area contributed by atoms with Gasteiger partial charge in [-0.1, -0.05) is 12.1 Å². The molecule has 5 aliphatic heterocycles. The number of imidazole rings is 3. The van der Waals surface area contributed by atoms with E-state index >= 15 is 0 Å². The standard InChI is InChI=1S/C48H56N12.5ClH.Mn/c1-9-53-25-26-54(10-2)45(53)41-33-17-19-35(49-33)42(46-55(11-3)27-28-56(46)12-4)37-21-23-39(51-37)44(48-59(15-7)31-32-60(48)16-8)40-24-22-38(52-40)43(36-20-18-34(41)50-36)47-57(13-5)29-30-58(47)14-6;;;;;;/h17-32H,9-16H2,1-8H3;5*1H;/q+2;;;;;;+3/p-5. The van der Waals surface area contributed by atoms with Crippen LogP contribution < -0.4 is 80.7 Å². The molecular weight excluding hydrogens is 977 g/mol. The Kier molecular flexibility index (Phi) is 19.8. The van der Waals surface area contributed by atoms with Gasteiger partial charge in [-0.2, -0.15) is 0 Å². The second-order valence-electron chi connectivity index (χ2n) is 15.1. The van der Waals surface area contributed by atoms with Crippen LogP contribution in [0.2, 0.25) is 0 Å². The monoisotopic (exact) mass is 1030 g/mol. The molecule has 0 amide bonds. The predicted octanol–water partition coefficient (Wildman–Crippen LogP) is -8.64. The fraction of sp³-hybridized carbons (Fsp3) is 0.333. The van der Waals surface area contributed by atoms with Gasteiger partial charge in [0.1, 0.15) is 48.6 Å².